The number of amides is 1. The van der Waals surface area contributed by atoms with Crippen molar-refractivity contribution in [3.8, 4) is 11.5 Å². The number of fused-ring (bicyclic) bond motifs is 5. The van der Waals surface area contributed by atoms with Gasteiger partial charge in [-0.25, -0.2) is 0 Å². The Labute approximate surface area is 200 Å². The van der Waals surface area contributed by atoms with E-state index in [-0.39, 0.29) is 23.9 Å². The van der Waals surface area contributed by atoms with Crippen LogP contribution < -0.4 is 20.3 Å². The lowest BCUT2D eigenvalue weighted by atomic mass is 9.82. The third kappa shape index (κ3) is 4.13. The zero-order valence-electron chi connectivity index (χ0n) is 19.4. The molecule has 0 spiro atoms. The highest BCUT2D eigenvalue weighted by atomic mass is 35.5. The molecule has 33 heavy (non-hydrogen) atoms. The second-order valence-electron chi connectivity index (χ2n) is 9.31. The molecule has 0 saturated carbocycles. The van der Waals surface area contributed by atoms with Crippen molar-refractivity contribution in [3.63, 3.8) is 0 Å². The second-order valence-corrected chi connectivity index (χ2v) is 9.31. The van der Waals surface area contributed by atoms with Gasteiger partial charge in [0.05, 0.1) is 14.2 Å². The van der Waals surface area contributed by atoms with Crippen LogP contribution in [0.1, 0.15) is 34.3 Å². The van der Waals surface area contributed by atoms with Gasteiger partial charge in [-0.2, -0.15) is 0 Å². The molecule has 0 unspecified atom stereocenters. The van der Waals surface area contributed by atoms with Crippen LogP contribution in [-0.4, -0.2) is 54.8 Å². The van der Waals surface area contributed by atoms with Crippen molar-refractivity contribution in [1.82, 2.24) is 14.8 Å². The summed E-state index contributed by atoms with van der Waals surface area (Å²) in [5.74, 6) is 2.31. The van der Waals surface area contributed by atoms with Crippen molar-refractivity contribution in [1.29, 1.82) is 0 Å². The standard InChI is InChI=1S/C25H31N3O4.ClH/c1-15-8-10-27(11-9-16-4-7-21(31-2)22(12-16)32-3)24(29)23(15)25(30)28-13-17-18(14-28)20-6-5-19(17)26-20;/h4,7-8,10,12,17-20,26H,5-6,9,11,13-14H2,1-3H3;1H/t17-,18+,19-,20+;. The summed E-state index contributed by atoms with van der Waals surface area (Å²) in [6, 6.07) is 8.72. The van der Waals surface area contributed by atoms with Gasteiger partial charge in [-0.15, -0.1) is 12.4 Å². The zero-order chi connectivity index (χ0) is 22.4. The van der Waals surface area contributed by atoms with Crippen LogP contribution in [0.3, 0.4) is 0 Å². The van der Waals surface area contributed by atoms with Crippen molar-refractivity contribution < 1.29 is 14.3 Å². The Hall–Kier alpha value is -2.51. The van der Waals surface area contributed by atoms with Crippen LogP contribution in [-0.2, 0) is 13.0 Å². The first-order chi connectivity index (χ1) is 15.5. The number of aromatic nitrogens is 1. The molecule has 1 amide bonds. The molecule has 2 aromatic rings. The highest BCUT2D eigenvalue weighted by Gasteiger charge is 2.52. The number of aryl methyl sites for hydroxylation is 3. The average Bonchev–Trinajstić information content (AvgIpc) is 3.52. The topological polar surface area (TPSA) is 72.8 Å². The highest BCUT2D eigenvalue weighted by molar-refractivity contribution is 5.95. The second kappa shape index (κ2) is 9.39. The van der Waals surface area contributed by atoms with E-state index in [0.717, 1.165) is 24.2 Å². The van der Waals surface area contributed by atoms with Crippen LogP contribution >= 0.6 is 12.4 Å². The number of carbonyl (C=O) groups excluding carboxylic acids is 1. The minimum Gasteiger partial charge on any atom is -0.493 e. The summed E-state index contributed by atoms with van der Waals surface area (Å²) in [4.78, 5) is 28.6. The van der Waals surface area contributed by atoms with Crippen molar-refractivity contribution in [2.75, 3.05) is 27.3 Å². The van der Waals surface area contributed by atoms with E-state index in [9.17, 15) is 9.59 Å². The SMILES string of the molecule is COc1ccc(CCn2ccc(C)c(C(=O)N3C[C@@H]4[C@H](C3)[C@@H]3CC[C@H]4N3)c2=O)cc1OC.Cl. The van der Waals surface area contributed by atoms with E-state index in [4.69, 9.17) is 9.47 Å². The van der Waals surface area contributed by atoms with Gasteiger partial charge in [-0.3, -0.25) is 9.59 Å². The molecule has 0 radical (unpaired) electrons. The maximum Gasteiger partial charge on any atom is 0.263 e. The van der Waals surface area contributed by atoms with E-state index < -0.39 is 0 Å². The lowest BCUT2D eigenvalue weighted by Gasteiger charge is -2.20. The van der Waals surface area contributed by atoms with E-state index in [2.05, 4.69) is 5.32 Å². The number of benzene rings is 1. The minimum atomic E-state index is -0.200. The molecule has 1 aromatic carbocycles. The molecule has 4 atom stereocenters. The first-order valence-corrected chi connectivity index (χ1v) is 11.5. The molecule has 4 heterocycles. The molecule has 1 N–H and O–H groups in total. The number of nitrogens with one attached hydrogen (secondary N) is 1. The van der Waals surface area contributed by atoms with E-state index >= 15 is 0 Å². The maximum atomic E-state index is 13.4. The number of halogens is 1. The molecule has 2 bridgehead atoms. The number of ether oxygens (including phenoxy) is 2. The Bertz CT molecular complexity index is 1080. The molecule has 5 rings (SSSR count). The van der Waals surface area contributed by atoms with Crippen molar-refractivity contribution in [2.24, 2.45) is 11.8 Å². The molecular formula is C25H32ClN3O4. The number of methoxy groups -OCH3 is 2. The van der Waals surface area contributed by atoms with E-state index in [1.165, 1.54) is 12.8 Å². The molecule has 178 valence electrons. The fourth-order valence-electron chi connectivity index (χ4n) is 5.89. The summed E-state index contributed by atoms with van der Waals surface area (Å²) < 4.78 is 12.3. The van der Waals surface area contributed by atoms with Crippen molar-refractivity contribution >= 4 is 18.3 Å². The summed E-state index contributed by atoms with van der Waals surface area (Å²) in [6.45, 7) is 3.87. The Balaban J connectivity index is 0.00000259. The molecule has 1 aromatic heterocycles. The molecular weight excluding hydrogens is 442 g/mol. The highest BCUT2D eigenvalue weighted by Crippen LogP contribution is 2.43. The van der Waals surface area contributed by atoms with E-state index in [1.54, 1.807) is 25.0 Å². The fraction of sp³-hybridized carbons (Fsp3) is 0.520. The lowest BCUT2D eigenvalue weighted by Crippen LogP contribution is -2.39. The smallest absolute Gasteiger partial charge is 0.263 e. The number of hydrogen-bond acceptors (Lipinski definition) is 5. The molecule has 3 saturated heterocycles. The van der Waals surface area contributed by atoms with Crippen molar-refractivity contribution in [3.05, 3.63) is 57.5 Å². The predicted octanol–water partition coefficient (Wildman–Crippen LogP) is 2.66. The Morgan fingerprint density at radius 1 is 1.06 bits per heavy atom. The third-order valence-electron chi connectivity index (χ3n) is 7.63. The van der Waals surface area contributed by atoms with Gasteiger partial charge in [-0.05, 0) is 67.3 Å². The van der Waals surface area contributed by atoms with Crippen molar-refractivity contribution in [2.45, 2.75) is 44.8 Å². The molecule has 3 fully saturated rings. The van der Waals surface area contributed by atoms with Gasteiger partial charge in [0.2, 0.25) is 0 Å². The quantitative estimate of drug-likeness (QED) is 0.698. The Kier molecular flexibility index (Phi) is 6.73. The number of carbonyl (C=O) groups is 1. The van der Waals surface area contributed by atoms with Crippen LogP contribution in [0, 0.1) is 18.8 Å². The largest absolute Gasteiger partial charge is 0.493 e. The van der Waals surface area contributed by atoms with Gasteiger partial charge in [0.15, 0.2) is 11.5 Å². The zero-order valence-corrected chi connectivity index (χ0v) is 20.2. The monoisotopic (exact) mass is 473 g/mol. The number of nitrogens with zero attached hydrogens (tertiary/aromatic N) is 2. The van der Waals surface area contributed by atoms with Crippen LogP contribution in [0.15, 0.2) is 35.3 Å². The molecule has 3 aliphatic heterocycles. The number of hydrogen-bond donors (Lipinski definition) is 1. The molecule has 0 aliphatic carbocycles. The first kappa shape index (κ1) is 23.6. The van der Waals surface area contributed by atoms with Crippen LogP contribution in [0.4, 0.5) is 0 Å². The normalized spacial score (nSPS) is 25.0. The van der Waals surface area contributed by atoms with Gasteiger partial charge in [-0.1, -0.05) is 6.07 Å². The van der Waals surface area contributed by atoms with Gasteiger partial charge < -0.3 is 24.3 Å². The van der Waals surface area contributed by atoms with Crippen LogP contribution in [0.25, 0.3) is 0 Å². The maximum absolute atomic E-state index is 13.4. The molecule has 8 heteroatoms. The van der Waals surface area contributed by atoms with Gasteiger partial charge >= 0.3 is 0 Å². The van der Waals surface area contributed by atoms with E-state index in [0.29, 0.717) is 53.9 Å². The summed E-state index contributed by atoms with van der Waals surface area (Å²) in [5.41, 5.74) is 1.91. The van der Waals surface area contributed by atoms with Gasteiger partial charge in [0.25, 0.3) is 11.5 Å². The number of likely N-dealkylation sites (tertiary alicyclic amines) is 1. The van der Waals surface area contributed by atoms with Crippen LogP contribution in [0.2, 0.25) is 0 Å². The molecule has 7 nitrogen and oxygen atoms in total. The Morgan fingerprint density at radius 2 is 1.73 bits per heavy atom. The van der Waals surface area contributed by atoms with Crippen LogP contribution in [0.5, 0.6) is 11.5 Å². The number of rotatable bonds is 6. The minimum absolute atomic E-state index is 0. The lowest BCUT2D eigenvalue weighted by molar-refractivity contribution is 0.0775. The summed E-state index contributed by atoms with van der Waals surface area (Å²) in [6.07, 6.45) is 4.86. The van der Waals surface area contributed by atoms with Gasteiger partial charge in [0, 0.05) is 37.9 Å². The first-order valence-electron chi connectivity index (χ1n) is 11.5. The fourth-order valence-corrected chi connectivity index (χ4v) is 5.89. The predicted molar refractivity (Wildman–Crippen MR) is 129 cm³/mol. The summed E-state index contributed by atoms with van der Waals surface area (Å²) in [7, 11) is 3.22. The van der Waals surface area contributed by atoms with E-state index in [1.807, 2.05) is 36.1 Å². The number of pyridine rings is 1. The van der Waals surface area contributed by atoms with Gasteiger partial charge in [0.1, 0.15) is 5.56 Å². The Morgan fingerprint density at radius 3 is 2.36 bits per heavy atom. The average molecular weight is 474 g/mol. The summed E-state index contributed by atoms with van der Waals surface area (Å²) >= 11 is 0. The third-order valence-corrected chi connectivity index (χ3v) is 7.63. The summed E-state index contributed by atoms with van der Waals surface area (Å²) in [5, 5.41) is 3.69. The molecule has 3 aliphatic rings.